The lowest BCUT2D eigenvalue weighted by molar-refractivity contribution is -0.384. The van der Waals surface area contributed by atoms with Gasteiger partial charge in [-0.25, -0.2) is 0 Å². The second-order valence-electron chi connectivity index (χ2n) is 7.55. The quantitative estimate of drug-likeness (QED) is 0.132. The average Bonchev–Trinajstić information content (AvgIpc) is 3.12. The number of methoxy groups -OCH3 is 1. The van der Waals surface area contributed by atoms with Gasteiger partial charge >= 0.3 is 10.1 Å². The molecule has 1 heterocycles. The maximum absolute atomic E-state index is 13.0. The van der Waals surface area contributed by atoms with Crippen molar-refractivity contribution in [3.05, 3.63) is 92.9 Å². The van der Waals surface area contributed by atoms with Crippen LogP contribution >= 0.6 is 24.0 Å². The Bertz CT molecular complexity index is 1500. The normalized spacial score (nSPS) is 14.8. The van der Waals surface area contributed by atoms with E-state index in [1.807, 2.05) is 6.92 Å². The maximum Gasteiger partial charge on any atom is 0.339 e. The first-order valence-electron chi connectivity index (χ1n) is 10.3. The lowest BCUT2D eigenvalue weighted by Crippen LogP contribution is -2.27. The van der Waals surface area contributed by atoms with E-state index in [9.17, 15) is 23.3 Å². The van der Waals surface area contributed by atoms with Crippen LogP contribution in [0.3, 0.4) is 0 Å². The van der Waals surface area contributed by atoms with Crippen LogP contribution in [0, 0.1) is 17.0 Å². The smallest absolute Gasteiger partial charge is 0.339 e. The van der Waals surface area contributed by atoms with E-state index in [1.54, 1.807) is 30.3 Å². The molecule has 36 heavy (non-hydrogen) atoms. The summed E-state index contributed by atoms with van der Waals surface area (Å²) in [5, 5.41) is 10.9. The van der Waals surface area contributed by atoms with Gasteiger partial charge in [-0.2, -0.15) is 8.42 Å². The van der Waals surface area contributed by atoms with Crippen LogP contribution in [-0.2, 0) is 14.9 Å². The van der Waals surface area contributed by atoms with Gasteiger partial charge in [0.2, 0.25) is 0 Å². The zero-order valence-corrected chi connectivity index (χ0v) is 21.4. The van der Waals surface area contributed by atoms with E-state index in [2.05, 4.69) is 0 Å². The average molecular weight is 543 g/mol. The van der Waals surface area contributed by atoms with Crippen molar-refractivity contribution >= 4 is 61.8 Å². The summed E-state index contributed by atoms with van der Waals surface area (Å²) in [7, 11) is -2.71. The molecule has 3 aromatic carbocycles. The van der Waals surface area contributed by atoms with Crippen molar-refractivity contribution in [3.63, 3.8) is 0 Å². The Labute approximate surface area is 216 Å². The molecule has 0 atom stereocenters. The van der Waals surface area contributed by atoms with Gasteiger partial charge in [0, 0.05) is 12.1 Å². The van der Waals surface area contributed by atoms with Gasteiger partial charge in [0.15, 0.2) is 15.8 Å². The van der Waals surface area contributed by atoms with E-state index in [0.29, 0.717) is 16.2 Å². The van der Waals surface area contributed by atoms with Crippen molar-refractivity contribution in [1.82, 2.24) is 0 Å². The first-order valence-corrected chi connectivity index (χ1v) is 12.9. The van der Waals surface area contributed by atoms with E-state index >= 15 is 0 Å². The van der Waals surface area contributed by atoms with Gasteiger partial charge in [0.1, 0.15) is 4.90 Å². The molecule has 0 saturated carbocycles. The van der Waals surface area contributed by atoms with Crippen molar-refractivity contribution in [3.8, 4) is 11.5 Å². The van der Waals surface area contributed by atoms with Crippen molar-refractivity contribution in [1.29, 1.82) is 0 Å². The zero-order valence-electron chi connectivity index (χ0n) is 18.9. The van der Waals surface area contributed by atoms with Crippen LogP contribution in [0.5, 0.6) is 11.5 Å². The number of amides is 1. The number of nitro groups is 1. The third-order valence-corrected chi connectivity index (χ3v) is 7.66. The van der Waals surface area contributed by atoms with E-state index < -0.39 is 15.0 Å². The second-order valence-corrected chi connectivity index (χ2v) is 10.8. The predicted molar refractivity (Wildman–Crippen MR) is 141 cm³/mol. The topological polar surface area (TPSA) is 116 Å². The third kappa shape index (κ3) is 5.25. The first kappa shape index (κ1) is 25.4. The molecule has 184 valence electrons. The molecule has 0 N–H and O–H groups in total. The molecule has 0 spiro atoms. The van der Waals surface area contributed by atoms with Gasteiger partial charge in [-0.05, 0) is 55.0 Å². The Balaban J connectivity index is 1.58. The van der Waals surface area contributed by atoms with Gasteiger partial charge in [0.05, 0.1) is 22.6 Å². The Morgan fingerprint density at radius 3 is 2.31 bits per heavy atom. The fraction of sp³-hybridized carbons (Fsp3) is 0.0833. The Hall–Kier alpha value is -3.74. The minimum Gasteiger partial charge on any atom is -0.493 e. The summed E-state index contributed by atoms with van der Waals surface area (Å²) < 4.78 is 36.2. The highest BCUT2D eigenvalue weighted by molar-refractivity contribution is 8.27. The summed E-state index contributed by atoms with van der Waals surface area (Å²) in [6.07, 6.45) is 1.59. The molecular formula is C24H18N2O7S3. The number of nitrogens with zero attached hydrogens (tertiary/aromatic N) is 2. The SMILES string of the molecule is COc1cc(/C=C2/SC(=S)N(c3ccc([N+](=O)[O-])cc3)C2=O)ccc1OS(=O)(=O)c1ccc(C)cc1. The second kappa shape index (κ2) is 10.1. The largest absolute Gasteiger partial charge is 0.493 e. The van der Waals surface area contributed by atoms with E-state index in [-0.39, 0.29) is 32.3 Å². The summed E-state index contributed by atoms with van der Waals surface area (Å²) in [5.41, 5.74) is 1.78. The lowest BCUT2D eigenvalue weighted by atomic mass is 10.2. The molecule has 1 amide bonds. The van der Waals surface area contributed by atoms with Gasteiger partial charge in [0.25, 0.3) is 11.6 Å². The van der Waals surface area contributed by atoms with Gasteiger partial charge in [-0.1, -0.05) is 47.7 Å². The fourth-order valence-corrected chi connectivity index (χ4v) is 5.52. The molecule has 0 bridgehead atoms. The summed E-state index contributed by atoms with van der Waals surface area (Å²) in [6, 6.07) is 16.3. The third-order valence-electron chi connectivity index (χ3n) is 5.11. The van der Waals surface area contributed by atoms with Crippen LogP contribution in [-0.4, -0.2) is 30.7 Å². The minimum absolute atomic E-state index is 0.00588. The number of ether oxygens (including phenoxy) is 1. The number of carbonyl (C=O) groups is 1. The van der Waals surface area contributed by atoms with Gasteiger partial charge in [-0.15, -0.1) is 0 Å². The number of anilines is 1. The number of thiocarbonyl (C=S) groups is 1. The van der Waals surface area contributed by atoms with Crippen molar-refractivity contribution in [2.24, 2.45) is 0 Å². The maximum atomic E-state index is 13.0. The van der Waals surface area contributed by atoms with Gasteiger partial charge in [-0.3, -0.25) is 19.8 Å². The molecule has 1 aliphatic heterocycles. The van der Waals surface area contributed by atoms with Crippen LogP contribution in [0.2, 0.25) is 0 Å². The number of benzene rings is 3. The van der Waals surface area contributed by atoms with Crippen molar-refractivity contribution in [2.75, 3.05) is 12.0 Å². The van der Waals surface area contributed by atoms with Crippen molar-refractivity contribution in [2.45, 2.75) is 11.8 Å². The molecule has 9 nitrogen and oxygen atoms in total. The van der Waals surface area contributed by atoms with Crippen LogP contribution < -0.4 is 13.8 Å². The minimum atomic E-state index is -4.08. The monoisotopic (exact) mass is 542 g/mol. The number of hydrogen-bond donors (Lipinski definition) is 0. The molecule has 0 aromatic heterocycles. The molecule has 0 aliphatic carbocycles. The van der Waals surface area contributed by atoms with E-state index in [4.69, 9.17) is 21.1 Å². The van der Waals surface area contributed by atoms with Crippen LogP contribution in [0.1, 0.15) is 11.1 Å². The Morgan fingerprint density at radius 2 is 1.69 bits per heavy atom. The number of rotatable bonds is 7. The molecule has 0 unspecified atom stereocenters. The van der Waals surface area contributed by atoms with Crippen LogP contribution in [0.15, 0.2) is 76.5 Å². The number of aryl methyl sites for hydroxylation is 1. The number of hydrogen-bond acceptors (Lipinski definition) is 9. The number of carbonyl (C=O) groups excluding carboxylic acids is 1. The summed E-state index contributed by atoms with van der Waals surface area (Å²) in [4.78, 5) is 25.0. The zero-order chi connectivity index (χ0) is 26.0. The highest BCUT2D eigenvalue weighted by Gasteiger charge is 2.33. The Kier molecular flexibility index (Phi) is 7.11. The lowest BCUT2D eigenvalue weighted by Gasteiger charge is -2.14. The molecule has 0 radical (unpaired) electrons. The molecule has 4 rings (SSSR count). The summed E-state index contributed by atoms with van der Waals surface area (Å²) in [5.74, 6) is -0.237. The van der Waals surface area contributed by atoms with Crippen LogP contribution in [0.25, 0.3) is 6.08 Å². The highest BCUT2D eigenvalue weighted by Crippen LogP contribution is 2.38. The summed E-state index contributed by atoms with van der Waals surface area (Å²) in [6.45, 7) is 1.85. The first-order chi connectivity index (χ1) is 17.1. The molecule has 1 fully saturated rings. The molecule has 12 heteroatoms. The van der Waals surface area contributed by atoms with Crippen LogP contribution in [0.4, 0.5) is 11.4 Å². The fourth-order valence-electron chi connectivity index (χ4n) is 3.28. The van der Waals surface area contributed by atoms with Crippen molar-refractivity contribution < 1.29 is 27.1 Å². The standard InChI is InChI=1S/C24H18N2O7S3/c1-15-3-10-19(11-4-15)36(30,31)33-20-12-5-16(13-21(20)32-2)14-22-23(27)25(24(34)35-22)17-6-8-18(9-7-17)26(28)29/h3-14H,1-2H3/b22-14+. The number of non-ortho nitro benzene ring substituents is 1. The molecular weight excluding hydrogens is 524 g/mol. The number of nitro benzene ring substituents is 1. The predicted octanol–water partition coefficient (Wildman–Crippen LogP) is 5.09. The molecule has 1 aliphatic rings. The van der Waals surface area contributed by atoms with E-state index in [0.717, 1.165) is 17.3 Å². The number of thioether (sulfide) groups is 1. The Morgan fingerprint density at radius 1 is 1.03 bits per heavy atom. The van der Waals surface area contributed by atoms with Gasteiger partial charge < -0.3 is 8.92 Å². The highest BCUT2D eigenvalue weighted by atomic mass is 32.2. The summed E-state index contributed by atoms with van der Waals surface area (Å²) >= 11 is 6.42. The molecule has 3 aromatic rings. The van der Waals surface area contributed by atoms with E-state index in [1.165, 1.54) is 54.5 Å². The molecule has 1 saturated heterocycles.